The number of ketones is 1. The largest absolute Gasteiger partial charge is 0.486 e. The van der Waals surface area contributed by atoms with Crippen molar-refractivity contribution in [3.8, 4) is 11.5 Å². The van der Waals surface area contributed by atoms with Crippen LogP contribution in [0.1, 0.15) is 15.9 Å². The highest BCUT2D eigenvalue weighted by molar-refractivity contribution is 6.09. The second kappa shape index (κ2) is 4.65. The predicted molar refractivity (Wildman–Crippen MR) is 71.7 cm³/mol. The lowest BCUT2D eigenvalue weighted by molar-refractivity contribution is 0.103. The van der Waals surface area contributed by atoms with E-state index in [1.54, 1.807) is 42.5 Å². The molecule has 0 unspecified atom stereocenters. The third kappa shape index (κ3) is 2.25. The van der Waals surface area contributed by atoms with Gasteiger partial charge in [-0.2, -0.15) is 0 Å². The van der Waals surface area contributed by atoms with Gasteiger partial charge in [-0.15, -0.1) is 0 Å². The van der Waals surface area contributed by atoms with E-state index < -0.39 is 0 Å². The lowest BCUT2D eigenvalue weighted by Crippen LogP contribution is -2.15. The summed E-state index contributed by atoms with van der Waals surface area (Å²) in [4.78, 5) is 12.3. The molecule has 2 N–H and O–H groups in total. The summed E-state index contributed by atoms with van der Waals surface area (Å²) in [6, 6.07) is 12.1. The molecule has 96 valence electrons. The van der Waals surface area contributed by atoms with Gasteiger partial charge >= 0.3 is 0 Å². The maximum atomic E-state index is 12.3. The summed E-state index contributed by atoms with van der Waals surface area (Å²) < 4.78 is 10.9. The number of hydrogen-bond acceptors (Lipinski definition) is 4. The predicted octanol–water partition coefficient (Wildman–Crippen LogP) is 2.27. The minimum absolute atomic E-state index is 0.0584. The third-order valence-electron chi connectivity index (χ3n) is 2.98. The van der Waals surface area contributed by atoms with Gasteiger partial charge in [0.25, 0.3) is 0 Å². The van der Waals surface area contributed by atoms with E-state index in [1.807, 2.05) is 0 Å². The first-order valence-corrected chi connectivity index (χ1v) is 6.04. The second-order valence-corrected chi connectivity index (χ2v) is 4.31. The quantitative estimate of drug-likeness (QED) is 0.660. The van der Waals surface area contributed by atoms with Gasteiger partial charge in [-0.25, -0.2) is 0 Å². The van der Waals surface area contributed by atoms with Crippen LogP contribution in [0, 0.1) is 0 Å². The molecule has 0 aromatic heterocycles. The van der Waals surface area contributed by atoms with Crippen LogP contribution >= 0.6 is 0 Å². The molecule has 0 radical (unpaired) electrons. The molecule has 1 aliphatic heterocycles. The Hall–Kier alpha value is -2.49. The second-order valence-electron chi connectivity index (χ2n) is 4.31. The van der Waals surface area contributed by atoms with E-state index in [9.17, 15) is 4.79 Å². The molecule has 0 saturated heterocycles. The standard InChI is InChI=1S/C15H13NO3/c16-12-4-1-10(2-5-12)15(17)11-3-6-13-14(9-11)19-8-7-18-13/h1-6,9H,7-8,16H2. The van der Waals surface area contributed by atoms with Crippen LogP contribution in [0.5, 0.6) is 11.5 Å². The molecule has 0 spiro atoms. The van der Waals surface area contributed by atoms with E-state index in [4.69, 9.17) is 15.2 Å². The number of hydrogen-bond donors (Lipinski definition) is 1. The zero-order valence-electron chi connectivity index (χ0n) is 10.3. The monoisotopic (exact) mass is 255 g/mol. The zero-order chi connectivity index (χ0) is 13.2. The van der Waals surface area contributed by atoms with E-state index in [-0.39, 0.29) is 5.78 Å². The third-order valence-corrected chi connectivity index (χ3v) is 2.98. The number of ether oxygens (including phenoxy) is 2. The van der Waals surface area contributed by atoms with E-state index in [2.05, 4.69) is 0 Å². The number of carbonyl (C=O) groups is 1. The number of carbonyl (C=O) groups excluding carboxylic acids is 1. The van der Waals surface area contributed by atoms with E-state index >= 15 is 0 Å². The molecule has 0 bridgehead atoms. The summed E-state index contributed by atoms with van der Waals surface area (Å²) in [7, 11) is 0. The van der Waals surface area contributed by atoms with Crippen molar-refractivity contribution < 1.29 is 14.3 Å². The van der Waals surface area contributed by atoms with Crippen LogP contribution in [0.4, 0.5) is 5.69 Å². The minimum Gasteiger partial charge on any atom is -0.486 e. The molecule has 2 aromatic rings. The molecule has 4 heteroatoms. The van der Waals surface area contributed by atoms with E-state index in [0.29, 0.717) is 41.5 Å². The highest BCUT2D eigenvalue weighted by Crippen LogP contribution is 2.31. The SMILES string of the molecule is Nc1ccc(C(=O)c2ccc3c(c2)OCCO3)cc1. The van der Waals surface area contributed by atoms with Crippen molar-refractivity contribution in [2.45, 2.75) is 0 Å². The molecule has 1 heterocycles. The number of benzene rings is 2. The summed E-state index contributed by atoms with van der Waals surface area (Å²) >= 11 is 0. The molecule has 0 saturated carbocycles. The summed E-state index contributed by atoms with van der Waals surface area (Å²) in [6.45, 7) is 1.05. The molecule has 3 rings (SSSR count). The number of rotatable bonds is 2. The first-order chi connectivity index (χ1) is 9.24. The smallest absolute Gasteiger partial charge is 0.193 e. The molecule has 0 aliphatic carbocycles. The molecular formula is C15H13NO3. The Bertz CT molecular complexity index is 620. The number of nitrogen functional groups attached to an aromatic ring is 1. The number of anilines is 1. The average molecular weight is 255 g/mol. The summed E-state index contributed by atoms with van der Waals surface area (Å²) in [5, 5.41) is 0. The van der Waals surface area contributed by atoms with Crippen LogP contribution in [-0.4, -0.2) is 19.0 Å². The molecule has 4 nitrogen and oxygen atoms in total. The van der Waals surface area contributed by atoms with Crippen LogP contribution in [0.25, 0.3) is 0 Å². The van der Waals surface area contributed by atoms with Crippen molar-refractivity contribution in [3.63, 3.8) is 0 Å². The van der Waals surface area contributed by atoms with Gasteiger partial charge in [0.1, 0.15) is 13.2 Å². The zero-order valence-corrected chi connectivity index (χ0v) is 10.3. The normalized spacial score (nSPS) is 13.1. The minimum atomic E-state index is -0.0584. The summed E-state index contributed by atoms with van der Waals surface area (Å²) in [5.41, 5.74) is 7.43. The molecule has 19 heavy (non-hydrogen) atoms. The number of nitrogens with two attached hydrogens (primary N) is 1. The Kier molecular flexibility index (Phi) is 2.83. The van der Waals surface area contributed by atoms with Crippen LogP contribution in [-0.2, 0) is 0 Å². The van der Waals surface area contributed by atoms with Crippen molar-refractivity contribution in [3.05, 3.63) is 53.6 Å². The Morgan fingerprint density at radius 1 is 0.895 bits per heavy atom. The molecular weight excluding hydrogens is 242 g/mol. The van der Waals surface area contributed by atoms with Crippen molar-refractivity contribution in [2.24, 2.45) is 0 Å². The fourth-order valence-corrected chi connectivity index (χ4v) is 1.99. The van der Waals surface area contributed by atoms with Crippen molar-refractivity contribution in [1.82, 2.24) is 0 Å². The van der Waals surface area contributed by atoms with Crippen molar-refractivity contribution >= 4 is 11.5 Å². The van der Waals surface area contributed by atoms with Crippen LogP contribution in [0.2, 0.25) is 0 Å². The first-order valence-electron chi connectivity index (χ1n) is 6.04. The average Bonchev–Trinajstić information content (AvgIpc) is 2.47. The van der Waals surface area contributed by atoms with Gasteiger partial charge in [0.15, 0.2) is 17.3 Å². The van der Waals surface area contributed by atoms with Gasteiger partial charge in [0.2, 0.25) is 0 Å². The van der Waals surface area contributed by atoms with Gasteiger partial charge in [0.05, 0.1) is 0 Å². The molecule has 2 aromatic carbocycles. The van der Waals surface area contributed by atoms with E-state index in [0.717, 1.165) is 0 Å². The van der Waals surface area contributed by atoms with Gasteiger partial charge < -0.3 is 15.2 Å². The van der Waals surface area contributed by atoms with Gasteiger partial charge in [-0.05, 0) is 42.5 Å². The Morgan fingerprint density at radius 3 is 2.26 bits per heavy atom. The van der Waals surface area contributed by atoms with E-state index in [1.165, 1.54) is 0 Å². The van der Waals surface area contributed by atoms with Crippen LogP contribution in [0.15, 0.2) is 42.5 Å². The van der Waals surface area contributed by atoms with Gasteiger partial charge in [0, 0.05) is 16.8 Å². The van der Waals surface area contributed by atoms with Gasteiger partial charge in [-0.1, -0.05) is 0 Å². The molecule has 0 fully saturated rings. The van der Waals surface area contributed by atoms with Crippen molar-refractivity contribution in [1.29, 1.82) is 0 Å². The number of fused-ring (bicyclic) bond motifs is 1. The highest BCUT2D eigenvalue weighted by atomic mass is 16.6. The Morgan fingerprint density at radius 2 is 1.53 bits per heavy atom. The fraction of sp³-hybridized carbons (Fsp3) is 0.133. The summed E-state index contributed by atoms with van der Waals surface area (Å²) in [6.07, 6.45) is 0. The molecule has 0 amide bonds. The topological polar surface area (TPSA) is 61.6 Å². The van der Waals surface area contributed by atoms with Gasteiger partial charge in [-0.3, -0.25) is 4.79 Å². The highest BCUT2D eigenvalue weighted by Gasteiger charge is 2.15. The maximum absolute atomic E-state index is 12.3. The Labute approximate surface area is 110 Å². The van der Waals surface area contributed by atoms with Crippen LogP contribution < -0.4 is 15.2 Å². The van der Waals surface area contributed by atoms with Crippen molar-refractivity contribution in [2.75, 3.05) is 18.9 Å². The Balaban J connectivity index is 1.93. The lowest BCUT2D eigenvalue weighted by Gasteiger charge is -2.18. The first kappa shape index (κ1) is 11.6. The molecule has 0 atom stereocenters. The van der Waals surface area contributed by atoms with Crippen LogP contribution in [0.3, 0.4) is 0 Å². The summed E-state index contributed by atoms with van der Waals surface area (Å²) in [5.74, 6) is 1.24. The molecule has 1 aliphatic rings. The fourth-order valence-electron chi connectivity index (χ4n) is 1.99. The maximum Gasteiger partial charge on any atom is 0.193 e. The lowest BCUT2D eigenvalue weighted by atomic mass is 10.0.